The summed E-state index contributed by atoms with van der Waals surface area (Å²) in [6.07, 6.45) is 0. The number of nitrogens with two attached hydrogens (primary N) is 2. The Morgan fingerprint density at radius 2 is 1.56 bits per heavy atom. The molecule has 5 N–H and O–H groups in total. The van der Waals surface area contributed by atoms with Crippen LogP contribution in [0.3, 0.4) is 0 Å². The lowest BCUT2D eigenvalue weighted by molar-refractivity contribution is -0.133. The third kappa shape index (κ3) is 4.33. The normalized spacial score (nSPS) is 15.8. The molecule has 7 heteroatoms. The van der Waals surface area contributed by atoms with E-state index in [0.29, 0.717) is 24.5 Å². The van der Waals surface area contributed by atoms with Gasteiger partial charge in [0.2, 0.25) is 5.91 Å². The SMILES string of the molecule is NC(=N/C(=C(\N)c1ccccc1)c1ccccc1)C(=O)N1CCNC(=O)C1. The molecule has 0 spiro atoms. The van der Waals surface area contributed by atoms with Crippen molar-refractivity contribution in [3.63, 3.8) is 0 Å². The fraction of sp³-hybridized carbons (Fsp3) is 0.150. The first-order valence-corrected chi connectivity index (χ1v) is 8.57. The summed E-state index contributed by atoms with van der Waals surface area (Å²) in [6.45, 7) is 0.748. The van der Waals surface area contributed by atoms with E-state index in [1.165, 1.54) is 4.90 Å². The van der Waals surface area contributed by atoms with Crippen molar-refractivity contribution in [1.82, 2.24) is 10.2 Å². The van der Waals surface area contributed by atoms with E-state index < -0.39 is 5.91 Å². The Hall–Kier alpha value is -3.61. The molecule has 0 saturated carbocycles. The van der Waals surface area contributed by atoms with Crippen LogP contribution in [0.1, 0.15) is 11.1 Å². The van der Waals surface area contributed by atoms with Crippen LogP contribution in [0.2, 0.25) is 0 Å². The zero-order valence-electron chi connectivity index (χ0n) is 14.8. The van der Waals surface area contributed by atoms with Crippen molar-refractivity contribution in [2.75, 3.05) is 19.6 Å². The number of amidine groups is 1. The summed E-state index contributed by atoms with van der Waals surface area (Å²) in [4.78, 5) is 29.8. The summed E-state index contributed by atoms with van der Waals surface area (Å²) in [5.41, 5.74) is 14.7. The van der Waals surface area contributed by atoms with Gasteiger partial charge < -0.3 is 21.7 Å². The lowest BCUT2D eigenvalue weighted by Crippen LogP contribution is -2.53. The minimum Gasteiger partial charge on any atom is -0.396 e. The number of hydrogen-bond donors (Lipinski definition) is 3. The van der Waals surface area contributed by atoms with Crippen LogP contribution in [0.4, 0.5) is 0 Å². The summed E-state index contributed by atoms with van der Waals surface area (Å²) in [5, 5.41) is 2.67. The van der Waals surface area contributed by atoms with Gasteiger partial charge in [0, 0.05) is 18.7 Å². The van der Waals surface area contributed by atoms with Crippen LogP contribution in [-0.2, 0) is 9.59 Å². The molecular formula is C20H21N5O2. The number of piperazine rings is 1. The molecule has 1 heterocycles. The van der Waals surface area contributed by atoms with Crippen molar-refractivity contribution >= 4 is 29.0 Å². The molecule has 0 atom stereocenters. The number of hydrogen-bond acceptors (Lipinski definition) is 4. The summed E-state index contributed by atoms with van der Waals surface area (Å²) in [5.74, 6) is -0.911. The van der Waals surface area contributed by atoms with Gasteiger partial charge in [0.15, 0.2) is 5.84 Å². The molecular weight excluding hydrogens is 342 g/mol. The van der Waals surface area contributed by atoms with E-state index in [1.54, 1.807) is 0 Å². The Labute approximate surface area is 157 Å². The van der Waals surface area contributed by atoms with Gasteiger partial charge in [-0.1, -0.05) is 60.7 Å². The zero-order valence-corrected chi connectivity index (χ0v) is 14.8. The Kier molecular flexibility index (Phi) is 5.51. The number of carbonyl (C=O) groups is 2. The standard InChI is InChI=1S/C20H21N5O2/c21-17(14-7-3-1-4-8-14)18(15-9-5-2-6-10-15)24-19(22)20(27)25-12-11-23-16(26)13-25/h1-10H,11-13,21H2,(H2,22,24)(H,23,26)/b18-17-. The van der Waals surface area contributed by atoms with Gasteiger partial charge in [0.1, 0.15) is 6.54 Å². The maximum atomic E-state index is 12.6. The molecule has 0 unspecified atom stereocenters. The van der Waals surface area contributed by atoms with Crippen molar-refractivity contribution in [3.8, 4) is 0 Å². The van der Waals surface area contributed by atoms with E-state index in [9.17, 15) is 9.59 Å². The van der Waals surface area contributed by atoms with Crippen molar-refractivity contribution in [3.05, 3.63) is 71.8 Å². The lowest BCUT2D eigenvalue weighted by Gasteiger charge is -2.26. The van der Waals surface area contributed by atoms with E-state index in [4.69, 9.17) is 11.5 Å². The third-order valence-electron chi connectivity index (χ3n) is 4.16. The van der Waals surface area contributed by atoms with Gasteiger partial charge in [-0.05, 0) is 5.56 Å². The first-order chi connectivity index (χ1) is 13.1. The number of carbonyl (C=O) groups excluding carboxylic acids is 2. The molecule has 1 saturated heterocycles. The molecule has 1 aliphatic rings. The Morgan fingerprint density at radius 1 is 0.963 bits per heavy atom. The highest BCUT2D eigenvalue weighted by atomic mass is 16.2. The molecule has 0 radical (unpaired) electrons. The van der Waals surface area contributed by atoms with E-state index in [0.717, 1.165) is 11.1 Å². The number of benzene rings is 2. The fourth-order valence-corrected chi connectivity index (χ4v) is 2.77. The molecule has 0 bridgehead atoms. The van der Waals surface area contributed by atoms with Gasteiger partial charge >= 0.3 is 0 Å². The summed E-state index contributed by atoms with van der Waals surface area (Å²) in [6, 6.07) is 18.6. The minimum absolute atomic E-state index is 0.0341. The van der Waals surface area contributed by atoms with E-state index >= 15 is 0 Å². The molecule has 0 aliphatic carbocycles. The molecule has 3 rings (SSSR count). The maximum Gasteiger partial charge on any atom is 0.289 e. The summed E-state index contributed by atoms with van der Waals surface area (Å²) >= 11 is 0. The predicted molar refractivity (Wildman–Crippen MR) is 105 cm³/mol. The topological polar surface area (TPSA) is 114 Å². The van der Waals surface area contributed by atoms with Crippen LogP contribution in [-0.4, -0.2) is 42.2 Å². The van der Waals surface area contributed by atoms with Gasteiger partial charge in [0.05, 0.1) is 11.4 Å². The minimum atomic E-state index is -0.487. The van der Waals surface area contributed by atoms with Gasteiger partial charge in [-0.2, -0.15) is 0 Å². The van der Waals surface area contributed by atoms with E-state index in [1.807, 2.05) is 60.7 Å². The van der Waals surface area contributed by atoms with Crippen LogP contribution in [0, 0.1) is 0 Å². The van der Waals surface area contributed by atoms with Crippen LogP contribution < -0.4 is 16.8 Å². The number of nitrogens with one attached hydrogen (secondary N) is 1. The fourth-order valence-electron chi connectivity index (χ4n) is 2.77. The molecule has 7 nitrogen and oxygen atoms in total. The summed E-state index contributed by atoms with van der Waals surface area (Å²) in [7, 11) is 0. The quantitative estimate of drug-likeness (QED) is 0.425. The predicted octanol–water partition coefficient (Wildman–Crippen LogP) is 0.787. The number of amides is 2. The number of nitrogens with zero attached hydrogens (tertiary/aromatic N) is 2. The van der Waals surface area contributed by atoms with Gasteiger partial charge in [-0.15, -0.1) is 0 Å². The van der Waals surface area contributed by atoms with Crippen LogP contribution in [0.5, 0.6) is 0 Å². The van der Waals surface area contributed by atoms with Gasteiger partial charge in [0.25, 0.3) is 5.91 Å². The van der Waals surface area contributed by atoms with E-state index in [2.05, 4.69) is 10.3 Å². The van der Waals surface area contributed by atoms with Crippen molar-refractivity contribution in [2.45, 2.75) is 0 Å². The lowest BCUT2D eigenvalue weighted by atomic mass is 10.1. The van der Waals surface area contributed by atoms with Crippen molar-refractivity contribution in [1.29, 1.82) is 0 Å². The zero-order chi connectivity index (χ0) is 19.2. The molecule has 1 fully saturated rings. The van der Waals surface area contributed by atoms with Gasteiger partial charge in [-0.3, -0.25) is 9.59 Å². The van der Waals surface area contributed by atoms with Crippen molar-refractivity contribution in [2.24, 2.45) is 16.5 Å². The average molecular weight is 363 g/mol. The molecule has 1 aliphatic heterocycles. The largest absolute Gasteiger partial charge is 0.396 e. The molecule has 2 aromatic carbocycles. The third-order valence-corrected chi connectivity index (χ3v) is 4.16. The highest BCUT2D eigenvalue weighted by Gasteiger charge is 2.24. The van der Waals surface area contributed by atoms with Crippen LogP contribution in [0.25, 0.3) is 11.4 Å². The number of rotatable bonds is 3. The average Bonchev–Trinajstić information content (AvgIpc) is 2.72. The molecule has 138 valence electrons. The molecule has 27 heavy (non-hydrogen) atoms. The smallest absolute Gasteiger partial charge is 0.289 e. The Morgan fingerprint density at radius 3 is 2.15 bits per heavy atom. The second kappa shape index (κ2) is 8.18. The highest BCUT2D eigenvalue weighted by Crippen LogP contribution is 2.24. The second-order valence-electron chi connectivity index (χ2n) is 6.07. The molecule has 0 aromatic heterocycles. The first-order valence-electron chi connectivity index (χ1n) is 8.57. The maximum absolute atomic E-state index is 12.6. The van der Waals surface area contributed by atoms with Crippen LogP contribution in [0.15, 0.2) is 65.7 Å². The van der Waals surface area contributed by atoms with Crippen molar-refractivity contribution < 1.29 is 9.59 Å². The van der Waals surface area contributed by atoms with Gasteiger partial charge in [-0.25, -0.2) is 4.99 Å². The van der Waals surface area contributed by atoms with E-state index in [-0.39, 0.29) is 18.3 Å². The monoisotopic (exact) mass is 363 g/mol. The molecule has 2 amide bonds. The highest BCUT2D eigenvalue weighted by molar-refractivity contribution is 6.38. The number of aliphatic imine (C=N–C) groups is 1. The summed E-state index contributed by atoms with van der Waals surface area (Å²) < 4.78 is 0. The van der Waals surface area contributed by atoms with Crippen LogP contribution >= 0.6 is 0 Å². The Bertz CT molecular complexity index is 891. The Balaban J connectivity index is 1.99. The second-order valence-corrected chi connectivity index (χ2v) is 6.07. The molecule has 2 aromatic rings. The first kappa shape index (κ1) is 18.2.